The van der Waals surface area contributed by atoms with Gasteiger partial charge in [0, 0.05) is 31.5 Å². The molecule has 0 saturated heterocycles. The van der Waals surface area contributed by atoms with Gasteiger partial charge in [0.2, 0.25) is 5.88 Å². The van der Waals surface area contributed by atoms with E-state index in [2.05, 4.69) is 17.2 Å². The van der Waals surface area contributed by atoms with Gasteiger partial charge in [0.05, 0.1) is 7.11 Å². The average Bonchev–Trinajstić information content (AvgIpc) is 2.37. The Morgan fingerprint density at radius 2 is 2.17 bits per heavy atom. The number of hydrogen-bond acceptors (Lipinski definition) is 4. The summed E-state index contributed by atoms with van der Waals surface area (Å²) in [4.78, 5) is 3.84. The van der Waals surface area contributed by atoms with Crippen molar-refractivity contribution in [3.63, 3.8) is 0 Å². The molecule has 1 rings (SSSR count). The van der Waals surface area contributed by atoms with Gasteiger partial charge in [-0.1, -0.05) is 6.92 Å². The predicted octanol–water partition coefficient (Wildman–Crippen LogP) is 2.16. The van der Waals surface area contributed by atoms with Crippen LogP contribution in [-0.2, 0) is 4.74 Å². The lowest BCUT2D eigenvalue weighted by atomic mass is 9.96. The number of rotatable bonds is 7. The van der Waals surface area contributed by atoms with Crippen molar-refractivity contribution in [2.75, 3.05) is 27.9 Å². The first-order valence-corrected chi connectivity index (χ1v) is 5.98. The van der Waals surface area contributed by atoms with Crippen molar-refractivity contribution < 1.29 is 13.9 Å². The maximum atomic E-state index is 14.1. The second kappa shape index (κ2) is 7.28. The molecule has 0 aliphatic heterocycles. The summed E-state index contributed by atoms with van der Waals surface area (Å²) >= 11 is 0. The fraction of sp³-hybridized carbons (Fsp3) is 0.615. The molecule has 0 fully saturated rings. The van der Waals surface area contributed by atoms with E-state index in [1.165, 1.54) is 7.11 Å². The number of aromatic nitrogens is 1. The number of halogens is 1. The Bertz CT molecular complexity index is 374. The molecule has 5 heteroatoms. The van der Waals surface area contributed by atoms with E-state index in [0.29, 0.717) is 18.1 Å². The van der Waals surface area contributed by atoms with Crippen LogP contribution < -0.4 is 10.1 Å². The Balaban J connectivity index is 2.88. The topological polar surface area (TPSA) is 43.4 Å². The highest BCUT2D eigenvalue weighted by atomic mass is 19.1. The van der Waals surface area contributed by atoms with Gasteiger partial charge in [0.1, 0.15) is 0 Å². The SMILES string of the molecule is CNC(CC(C)COC)c1ccnc(OC)c1F. The van der Waals surface area contributed by atoms with Crippen molar-refractivity contribution in [1.82, 2.24) is 10.3 Å². The highest BCUT2D eigenvalue weighted by Gasteiger charge is 2.20. The Labute approximate surface area is 108 Å². The lowest BCUT2D eigenvalue weighted by molar-refractivity contribution is 0.149. The zero-order valence-corrected chi connectivity index (χ0v) is 11.4. The van der Waals surface area contributed by atoms with Gasteiger partial charge in [-0.25, -0.2) is 9.37 Å². The Hall–Kier alpha value is -1.20. The molecule has 0 saturated carbocycles. The molecule has 0 spiro atoms. The molecule has 1 heterocycles. The molecule has 0 radical (unpaired) electrons. The minimum Gasteiger partial charge on any atom is -0.479 e. The van der Waals surface area contributed by atoms with Gasteiger partial charge < -0.3 is 14.8 Å². The summed E-state index contributed by atoms with van der Waals surface area (Å²) in [6.07, 6.45) is 2.34. The first kappa shape index (κ1) is 14.9. The zero-order chi connectivity index (χ0) is 13.5. The first-order chi connectivity index (χ1) is 8.63. The van der Waals surface area contributed by atoms with Crippen LogP contribution in [0.15, 0.2) is 12.3 Å². The van der Waals surface area contributed by atoms with Crippen LogP contribution in [0.25, 0.3) is 0 Å². The third kappa shape index (κ3) is 3.65. The van der Waals surface area contributed by atoms with Crippen molar-refractivity contribution in [1.29, 1.82) is 0 Å². The standard InChI is InChI=1S/C13H21FN2O2/c1-9(8-17-3)7-11(15-2)10-5-6-16-13(18-4)12(10)14/h5-6,9,11,15H,7-8H2,1-4H3. The summed E-state index contributed by atoms with van der Waals surface area (Å²) in [6.45, 7) is 2.73. The molecule has 0 aliphatic rings. The average molecular weight is 256 g/mol. The third-order valence-electron chi connectivity index (χ3n) is 2.89. The van der Waals surface area contributed by atoms with Crippen molar-refractivity contribution in [2.45, 2.75) is 19.4 Å². The van der Waals surface area contributed by atoms with Crippen LogP contribution in [0.1, 0.15) is 24.9 Å². The van der Waals surface area contributed by atoms with Crippen LogP contribution in [0.2, 0.25) is 0 Å². The summed E-state index contributed by atoms with van der Waals surface area (Å²) in [7, 11) is 4.90. The van der Waals surface area contributed by atoms with E-state index in [9.17, 15) is 4.39 Å². The third-order valence-corrected chi connectivity index (χ3v) is 2.89. The van der Waals surface area contributed by atoms with Gasteiger partial charge in [-0.05, 0) is 25.5 Å². The largest absolute Gasteiger partial charge is 0.479 e. The number of nitrogens with one attached hydrogen (secondary N) is 1. The molecule has 2 atom stereocenters. The quantitative estimate of drug-likeness (QED) is 0.812. The van der Waals surface area contributed by atoms with Gasteiger partial charge in [-0.15, -0.1) is 0 Å². The van der Waals surface area contributed by atoms with Crippen LogP contribution in [0.3, 0.4) is 0 Å². The molecule has 1 aromatic rings. The summed E-state index contributed by atoms with van der Waals surface area (Å²) in [5.41, 5.74) is 0.576. The maximum absolute atomic E-state index is 14.1. The lowest BCUT2D eigenvalue weighted by Gasteiger charge is -2.21. The predicted molar refractivity (Wildman–Crippen MR) is 68.2 cm³/mol. The zero-order valence-electron chi connectivity index (χ0n) is 11.4. The molecular formula is C13H21FN2O2. The molecule has 0 aromatic carbocycles. The van der Waals surface area contributed by atoms with Crippen LogP contribution in [0.5, 0.6) is 5.88 Å². The molecule has 2 unspecified atom stereocenters. The number of nitrogens with zero attached hydrogens (tertiary/aromatic N) is 1. The number of pyridine rings is 1. The molecule has 1 N–H and O–H groups in total. The molecular weight excluding hydrogens is 235 g/mol. The molecule has 0 amide bonds. The van der Waals surface area contributed by atoms with Gasteiger partial charge in [-0.3, -0.25) is 0 Å². The molecule has 0 bridgehead atoms. The van der Waals surface area contributed by atoms with Crippen molar-refractivity contribution in [3.8, 4) is 5.88 Å². The van der Waals surface area contributed by atoms with E-state index >= 15 is 0 Å². The van der Waals surface area contributed by atoms with Gasteiger partial charge in [0.25, 0.3) is 0 Å². The minimum absolute atomic E-state index is 0.0344. The van der Waals surface area contributed by atoms with E-state index in [0.717, 1.165) is 6.42 Å². The molecule has 0 aliphatic carbocycles. The number of ether oxygens (including phenoxy) is 2. The van der Waals surface area contributed by atoms with Crippen molar-refractivity contribution >= 4 is 0 Å². The van der Waals surface area contributed by atoms with Gasteiger partial charge >= 0.3 is 0 Å². The first-order valence-electron chi connectivity index (χ1n) is 5.98. The normalized spacial score (nSPS) is 14.3. The monoisotopic (exact) mass is 256 g/mol. The van der Waals surface area contributed by atoms with E-state index < -0.39 is 5.82 Å². The number of hydrogen-bond donors (Lipinski definition) is 1. The summed E-state index contributed by atoms with van der Waals surface area (Å²) in [5.74, 6) is -0.0258. The van der Waals surface area contributed by atoms with E-state index in [1.54, 1.807) is 19.4 Å². The molecule has 102 valence electrons. The molecule has 1 aromatic heterocycles. The minimum atomic E-state index is -0.399. The van der Waals surface area contributed by atoms with E-state index in [-0.39, 0.29) is 11.9 Å². The Kier molecular flexibility index (Phi) is 6.01. The summed E-state index contributed by atoms with van der Waals surface area (Å²) in [5, 5.41) is 3.12. The molecule has 18 heavy (non-hydrogen) atoms. The van der Waals surface area contributed by atoms with Crippen LogP contribution in [0.4, 0.5) is 4.39 Å². The molecule has 4 nitrogen and oxygen atoms in total. The fourth-order valence-electron chi connectivity index (χ4n) is 2.01. The van der Waals surface area contributed by atoms with Gasteiger partial charge in [-0.2, -0.15) is 0 Å². The van der Waals surface area contributed by atoms with Crippen LogP contribution >= 0.6 is 0 Å². The van der Waals surface area contributed by atoms with Crippen LogP contribution in [-0.4, -0.2) is 32.9 Å². The van der Waals surface area contributed by atoms with Crippen molar-refractivity contribution in [2.24, 2.45) is 5.92 Å². The van der Waals surface area contributed by atoms with Crippen LogP contribution in [0, 0.1) is 11.7 Å². The fourth-order valence-corrected chi connectivity index (χ4v) is 2.01. The second-order valence-corrected chi connectivity index (χ2v) is 4.36. The number of methoxy groups -OCH3 is 2. The van der Waals surface area contributed by atoms with Gasteiger partial charge in [0.15, 0.2) is 5.82 Å². The van der Waals surface area contributed by atoms with E-state index in [4.69, 9.17) is 9.47 Å². The maximum Gasteiger partial charge on any atom is 0.250 e. The highest BCUT2D eigenvalue weighted by Crippen LogP contribution is 2.27. The Morgan fingerprint density at radius 3 is 2.72 bits per heavy atom. The Morgan fingerprint density at radius 1 is 1.44 bits per heavy atom. The smallest absolute Gasteiger partial charge is 0.250 e. The highest BCUT2D eigenvalue weighted by molar-refractivity contribution is 5.26. The lowest BCUT2D eigenvalue weighted by Crippen LogP contribution is -2.22. The summed E-state index contributed by atoms with van der Waals surface area (Å²) in [6, 6.07) is 1.60. The van der Waals surface area contributed by atoms with Crippen molar-refractivity contribution in [3.05, 3.63) is 23.6 Å². The van der Waals surface area contributed by atoms with E-state index in [1.807, 2.05) is 7.05 Å². The second-order valence-electron chi connectivity index (χ2n) is 4.36. The summed E-state index contributed by atoms with van der Waals surface area (Å²) < 4.78 is 24.1.